The Morgan fingerprint density at radius 2 is 1.63 bits per heavy atom. The van der Waals surface area contributed by atoms with E-state index in [-0.39, 0.29) is 11.8 Å². The number of hydrogen-bond donors (Lipinski definition) is 2. The van der Waals surface area contributed by atoms with Gasteiger partial charge in [0.25, 0.3) is 5.91 Å². The van der Waals surface area contributed by atoms with E-state index in [9.17, 15) is 9.59 Å². The van der Waals surface area contributed by atoms with Crippen LogP contribution in [-0.2, 0) is 11.2 Å². The molecule has 2 aromatic carbocycles. The van der Waals surface area contributed by atoms with Crippen LogP contribution < -0.4 is 5.32 Å². The molecule has 35 heavy (non-hydrogen) atoms. The van der Waals surface area contributed by atoms with Crippen molar-refractivity contribution >= 4 is 45.9 Å². The van der Waals surface area contributed by atoms with Crippen LogP contribution in [0, 0.1) is 0 Å². The molecule has 5 nitrogen and oxygen atoms in total. The summed E-state index contributed by atoms with van der Waals surface area (Å²) in [5, 5.41) is 4.74. The van der Waals surface area contributed by atoms with Gasteiger partial charge in [-0.3, -0.25) is 9.59 Å². The number of halogens is 2. The molecule has 3 aromatic rings. The third-order valence-corrected chi connectivity index (χ3v) is 7.00. The van der Waals surface area contributed by atoms with Crippen molar-refractivity contribution in [2.45, 2.75) is 64.8 Å². The van der Waals surface area contributed by atoms with Crippen LogP contribution in [0.1, 0.15) is 68.3 Å². The Balaban J connectivity index is 1.87. The fraction of sp³-hybridized carbons (Fsp3) is 0.429. The first-order chi connectivity index (χ1) is 16.9. The van der Waals surface area contributed by atoms with Gasteiger partial charge in [-0.2, -0.15) is 0 Å². The van der Waals surface area contributed by atoms with Crippen molar-refractivity contribution in [2.24, 2.45) is 0 Å². The number of carbonyl (C=O) groups is 2. The molecule has 0 saturated heterocycles. The number of nitrogens with zero attached hydrogens (tertiary/aromatic N) is 1. The molecule has 1 aromatic heterocycles. The van der Waals surface area contributed by atoms with Gasteiger partial charge in [0.2, 0.25) is 5.91 Å². The summed E-state index contributed by atoms with van der Waals surface area (Å²) in [4.78, 5) is 32.2. The van der Waals surface area contributed by atoms with Crippen LogP contribution in [0.25, 0.3) is 10.9 Å². The molecular weight excluding hydrogens is 481 g/mol. The fourth-order valence-electron chi connectivity index (χ4n) is 4.26. The molecular formula is C28H35Cl2N3O2. The van der Waals surface area contributed by atoms with Crippen LogP contribution >= 0.6 is 23.2 Å². The van der Waals surface area contributed by atoms with E-state index in [0.717, 1.165) is 55.0 Å². The predicted octanol–water partition coefficient (Wildman–Crippen LogP) is 7.02. The topological polar surface area (TPSA) is 65.2 Å². The SMILES string of the molecule is CCCCCN(CCCCC)C(=O)[C@@H](Cc1c[nH]c2ccccc12)NC(=O)c1ccc(Cl)c(Cl)c1. The minimum absolute atomic E-state index is 0.0455. The van der Waals surface area contributed by atoms with E-state index in [1.54, 1.807) is 12.1 Å². The summed E-state index contributed by atoms with van der Waals surface area (Å²) in [7, 11) is 0. The van der Waals surface area contributed by atoms with Gasteiger partial charge < -0.3 is 15.2 Å². The molecule has 2 amide bonds. The lowest BCUT2D eigenvalue weighted by atomic mass is 10.0. The molecule has 0 saturated carbocycles. The average molecular weight is 517 g/mol. The quantitative estimate of drug-likeness (QED) is 0.240. The third kappa shape index (κ3) is 7.49. The van der Waals surface area contributed by atoms with Crippen molar-refractivity contribution in [3.8, 4) is 0 Å². The van der Waals surface area contributed by atoms with Crippen LogP contribution in [0.5, 0.6) is 0 Å². The maximum Gasteiger partial charge on any atom is 0.251 e. The maximum atomic E-state index is 13.8. The van der Waals surface area contributed by atoms with Gasteiger partial charge >= 0.3 is 0 Å². The molecule has 0 aliphatic carbocycles. The van der Waals surface area contributed by atoms with E-state index < -0.39 is 6.04 Å². The molecule has 0 aliphatic rings. The molecule has 0 radical (unpaired) electrons. The Labute approximate surface area is 218 Å². The first-order valence-electron chi connectivity index (χ1n) is 12.5. The number of unbranched alkanes of at least 4 members (excludes halogenated alkanes) is 4. The summed E-state index contributed by atoms with van der Waals surface area (Å²) in [5.74, 6) is -0.389. The largest absolute Gasteiger partial charge is 0.361 e. The van der Waals surface area contributed by atoms with E-state index in [1.807, 2.05) is 35.4 Å². The van der Waals surface area contributed by atoms with E-state index in [4.69, 9.17) is 23.2 Å². The number of aromatic amines is 1. The molecule has 0 unspecified atom stereocenters. The van der Waals surface area contributed by atoms with E-state index >= 15 is 0 Å². The highest BCUT2D eigenvalue weighted by Gasteiger charge is 2.27. The summed E-state index contributed by atoms with van der Waals surface area (Å²) in [6.45, 7) is 5.70. The molecule has 1 heterocycles. The first-order valence-corrected chi connectivity index (χ1v) is 13.3. The number of rotatable bonds is 13. The zero-order valence-electron chi connectivity index (χ0n) is 20.6. The Kier molecular flexibility index (Phi) is 10.5. The second-order valence-corrected chi connectivity index (χ2v) is 9.77. The number of fused-ring (bicyclic) bond motifs is 1. The van der Waals surface area contributed by atoms with Gasteiger partial charge in [-0.15, -0.1) is 0 Å². The van der Waals surface area contributed by atoms with Crippen LogP contribution in [0.4, 0.5) is 0 Å². The summed E-state index contributed by atoms with van der Waals surface area (Å²) in [6.07, 6.45) is 8.54. The highest BCUT2D eigenvalue weighted by atomic mass is 35.5. The lowest BCUT2D eigenvalue weighted by Gasteiger charge is -2.28. The Morgan fingerprint density at radius 3 is 2.29 bits per heavy atom. The van der Waals surface area contributed by atoms with Crippen molar-refractivity contribution < 1.29 is 9.59 Å². The summed E-state index contributed by atoms with van der Waals surface area (Å²) in [6, 6.07) is 12.0. The Bertz CT molecular complexity index is 1120. The summed E-state index contributed by atoms with van der Waals surface area (Å²) < 4.78 is 0. The Morgan fingerprint density at radius 1 is 0.943 bits per heavy atom. The van der Waals surface area contributed by atoms with Crippen LogP contribution in [-0.4, -0.2) is 40.8 Å². The average Bonchev–Trinajstić information content (AvgIpc) is 3.27. The number of carbonyl (C=O) groups excluding carboxylic acids is 2. The van der Waals surface area contributed by atoms with Crippen LogP contribution in [0.2, 0.25) is 10.0 Å². The molecule has 2 N–H and O–H groups in total. The number of H-pyrrole nitrogens is 1. The molecule has 0 fully saturated rings. The summed E-state index contributed by atoms with van der Waals surface area (Å²) >= 11 is 12.2. The zero-order chi connectivity index (χ0) is 25.2. The molecule has 1 atom stereocenters. The first kappa shape index (κ1) is 27.1. The van der Waals surface area contributed by atoms with Gasteiger partial charge in [-0.25, -0.2) is 0 Å². The number of hydrogen-bond acceptors (Lipinski definition) is 2. The molecule has 0 bridgehead atoms. The Hall–Kier alpha value is -2.50. The van der Waals surface area contributed by atoms with Crippen molar-refractivity contribution in [1.29, 1.82) is 0 Å². The van der Waals surface area contributed by atoms with Gasteiger partial charge in [0, 0.05) is 42.2 Å². The highest BCUT2D eigenvalue weighted by Crippen LogP contribution is 2.23. The number of nitrogens with one attached hydrogen (secondary N) is 2. The minimum Gasteiger partial charge on any atom is -0.361 e. The van der Waals surface area contributed by atoms with E-state index in [2.05, 4.69) is 24.1 Å². The monoisotopic (exact) mass is 515 g/mol. The van der Waals surface area contributed by atoms with E-state index in [1.165, 1.54) is 6.07 Å². The number of amides is 2. The molecule has 3 rings (SSSR count). The lowest BCUT2D eigenvalue weighted by Crippen LogP contribution is -2.50. The normalized spacial score (nSPS) is 12.0. The zero-order valence-corrected chi connectivity index (χ0v) is 22.1. The van der Waals surface area contributed by atoms with Crippen molar-refractivity contribution in [2.75, 3.05) is 13.1 Å². The molecule has 188 valence electrons. The van der Waals surface area contributed by atoms with E-state index in [0.29, 0.717) is 35.1 Å². The van der Waals surface area contributed by atoms with Crippen LogP contribution in [0.3, 0.4) is 0 Å². The number of aromatic nitrogens is 1. The second-order valence-electron chi connectivity index (χ2n) is 8.96. The minimum atomic E-state index is -0.695. The highest BCUT2D eigenvalue weighted by molar-refractivity contribution is 6.42. The smallest absolute Gasteiger partial charge is 0.251 e. The molecule has 0 aliphatic heterocycles. The van der Waals surface area contributed by atoms with Gasteiger partial charge in [0.1, 0.15) is 6.04 Å². The van der Waals surface area contributed by atoms with Crippen molar-refractivity contribution in [1.82, 2.24) is 15.2 Å². The maximum absolute atomic E-state index is 13.8. The van der Waals surface area contributed by atoms with Gasteiger partial charge in [-0.1, -0.05) is 80.9 Å². The van der Waals surface area contributed by atoms with Gasteiger partial charge in [0.15, 0.2) is 0 Å². The van der Waals surface area contributed by atoms with Crippen molar-refractivity contribution in [3.63, 3.8) is 0 Å². The number of benzene rings is 2. The fourth-order valence-corrected chi connectivity index (χ4v) is 4.56. The second kappa shape index (κ2) is 13.6. The number of para-hydroxylation sites is 1. The standard InChI is InChI=1S/C28H35Cl2N3O2/c1-3-5-9-15-33(16-10-6-4-2)28(35)26(18-21-19-31-25-12-8-7-11-22(21)25)32-27(34)20-13-14-23(29)24(30)17-20/h7-8,11-14,17,19,26,31H,3-6,9-10,15-16,18H2,1-2H3,(H,32,34)/t26-/m1/s1. The van der Waals surface area contributed by atoms with Crippen LogP contribution in [0.15, 0.2) is 48.7 Å². The summed E-state index contributed by atoms with van der Waals surface area (Å²) in [5.41, 5.74) is 2.38. The molecule has 0 spiro atoms. The van der Waals surface area contributed by atoms with Gasteiger partial charge in [-0.05, 0) is 42.7 Å². The van der Waals surface area contributed by atoms with Crippen molar-refractivity contribution in [3.05, 3.63) is 69.8 Å². The van der Waals surface area contributed by atoms with Gasteiger partial charge in [0.05, 0.1) is 10.0 Å². The third-order valence-electron chi connectivity index (χ3n) is 6.26. The predicted molar refractivity (Wildman–Crippen MR) is 145 cm³/mol. The lowest BCUT2D eigenvalue weighted by molar-refractivity contribution is -0.133. The molecule has 7 heteroatoms.